The Hall–Kier alpha value is -2.22. The van der Waals surface area contributed by atoms with Gasteiger partial charge >= 0.3 is 6.03 Å². The summed E-state index contributed by atoms with van der Waals surface area (Å²) in [4.78, 5) is 11.6. The van der Waals surface area contributed by atoms with Crippen LogP contribution in [0.2, 0.25) is 0 Å². The van der Waals surface area contributed by atoms with Gasteiger partial charge in [-0.15, -0.1) is 0 Å². The molecule has 0 unspecified atom stereocenters. The number of unbranched alkanes of at least 4 members (excludes halogenated alkanes) is 1. The molecule has 0 saturated carbocycles. The van der Waals surface area contributed by atoms with Crippen molar-refractivity contribution < 1.29 is 9.53 Å². The minimum Gasteiger partial charge on any atom is -0.495 e. The van der Waals surface area contributed by atoms with Crippen molar-refractivity contribution in [2.45, 2.75) is 19.8 Å². The number of hydrogen-bond donors (Lipinski definition) is 2. The standard InChI is InChI=1S/C13H17N3O2/c1-3-4-8-15-13(17)16-12-10(9-14)6-5-7-11(12)18-2/h5-7H,3-4,8H2,1-2H3,(H2,15,16,17). The van der Waals surface area contributed by atoms with Crippen LogP contribution in [0.5, 0.6) is 5.75 Å². The molecule has 0 atom stereocenters. The molecule has 0 aliphatic rings. The van der Waals surface area contributed by atoms with Crippen LogP contribution in [0.4, 0.5) is 10.5 Å². The zero-order chi connectivity index (χ0) is 13.4. The monoisotopic (exact) mass is 247 g/mol. The molecule has 0 radical (unpaired) electrons. The molecule has 18 heavy (non-hydrogen) atoms. The van der Waals surface area contributed by atoms with Gasteiger partial charge in [0.2, 0.25) is 0 Å². The first kappa shape index (κ1) is 13.8. The molecule has 0 aliphatic carbocycles. The van der Waals surface area contributed by atoms with Gasteiger partial charge in [-0.3, -0.25) is 0 Å². The summed E-state index contributed by atoms with van der Waals surface area (Å²) in [7, 11) is 1.50. The molecular weight excluding hydrogens is 230 g/mol. The molecule has 96 valence electrons. The Kier molecular flexibility index (Phi) is 5.52. The third-order valence-corrected chi connectivity index (χ3v) is 2.42. The van der Waals surface area contributed by atoms with E-state index in [1.807, 2.05) is 13.0 Å². The maximum Gasteiger partial charge on any atom is 0.319 e. The zero-order valence-corrected chi connectivity index (χ0v) is 10.6. The average molecular weight is 247 g/mol. The maximum atomic E-state index is 11.6. The van der Waals surface area contributed by atoms with Gasteiger partial charge in [-0.25, -0.2) is 4.79 Å². The molecule has 2 N–H and O–H groups in total. The predicted octanol–water partition coefficient (Wildman–Crippen LogP) is 2.49. The normalized spacial score (nSPS) is 9.39. The fourth-order valence-electron chi connectivity index (χ4n) is 1.46. The Labute approximate surface area is 107 Å². The summed E-state index contributed by atoms with van der Waals surface area (Å²) in [5.41, 5.74) is 0.775. The highest BCUT2D eigenvalue weighted by molar-refractivity contribution is 5.92. The number of ether oxygens (including phenoxy) is 1. The van der Waals surface area contributed by atoms with Crippen LogP contribution in [0.15, 0.2) is 18.2 Å². The van der Waals surface area contributed by atoms with Crippen molar-refractivity contribution in [1.82, 2.24) is 5.32 Å². The molecule has 0 aliphatic heterocycles. The smallest absolute Gasteiger partial charge is 0.319 e. The second-order valence-corrected chi connectivity index (χ2v) is 3.73. The lowest BCUT2D eigenvalue weighted by Crippen LogP contribution is -2.29. The highest BCUT2D eigenvalue weighted by Crippen LogP contribution is 2.27. The molecule has 0 saturated heterocycles. The van der Waals surface area contributed by atoms with Gasteiger partial charge in [-0.05, 0) is 18.6 Å². The average Bonchev–Trinajstić information content (AvgIpc) is 2.39. The molecule has 1 rings (SSSR count). The quantitative estimate of drug-likeness (QED) is 0.785. The lowest BCUT2D eigenvalue weighted by atomic mass is 10.2. The van der Waals surface area contributed by atoms with Crippen LogP contribution in [-0.4, -0.2) is 19.7 Å². The van der Waals surface area contributed by atoms with Crippen molar-refractivity contribution in [2.75, 3.05) is 19.0 Å². The molecule has 0 heterocycles. The summed E-state index contributed by atoms with van der Waals surface area (Å²) < 4.78 is 5.12. The molecule has 1 aromatic carbocycles. The van der Waals surface area contributed by atoms with Crippen molar-refractivity contribution in [2.24, 2.45) is 0 Å². The molecule has 0 spiro atoms. The fourth-order valence-corrected chi connectivity index (χ4v) is 1.46. The molecular formula is C13H17N3O2. The molecule has 0 aromatic heterocycles. The van der Waals surface area contributed by atoms with Crippen LogP contribution in [0.25, 0.3) is 0 Å². The summed E-state index contributed by atoms with van der Waals surface area (Å²) in [5, 5.41) is 14.4. The van der Waals surface area contributed by atoms with E-state index in [0.29, 0.717) is 23.5 Å². The van der Waals surface area contributed by atoms with Gasteiger partial charge < -0.3 is 15.4 Å². The number of nitriles is 1. The van der Waals surface area contributed by atoms with Gasteiger partial charge in [0.05, 0.1) is 12.7 Å². The van der Waals surface area contributed by atoms with Crippen molar-refractivity contribution in [3.05, 3.63) is 23.8 Å². The summed E-state index contributed by atoms with van der Waals surface area (Å²) in [6, 6.07) is 6.72. The van der Waals surface area contributed by atoms with E-state index in [0.717, 1.165) is 12.8 Å². The van der Waals surface area contributed by atoms with Crippen LogP contribution in [0.3, 0.4) is 0 Å². The van der Waals surface area contributed by atoms with E-state index in [2.05, 4.69) is 10.6 Å². The predicted molar refractivity (Wildman–Crippen MR) is 69.6 cm³/mol. The van der Waals surface area contributed by atoms with Gasteiger partial charge in [0.15, 0.2) is 0 Å². The molecule has 0 fully saturated rings. The van der Waals surface area contributed by atoms with Gasteiger partial charge in [0, 0.05) is 6.54 Å². The van der Waals surface area contributed by atoms with E-state index in [-0.39, 0.29) is 6.03 Å². The Bertz CT molecular complexity index is 452. The first-order valence-electron chi connectivity index (χ1n) is 5.84. The zero-order valence-electron chi connectivity index (χ0n) is 10.6. The fraction of sp³-hybridized carbons (Fsp3) is 0.385. The first-order chi connectivity index (χ1) is 8.72. The van der Waals surface area contributed by atoms with Crippen molar-refractivity contribution in [3.63, 3.8) is 0 Å². The Morgan fingerprint density at radius 2 is 2.28 bits per heavy atom. The Balaban J connectivity index is 2.77. The maximum absolute atomic E-state index is 11.6. The van der Waals surface area contributed by atoms with Crippen LogP contribution in [-0.2, 0) is 0 Å². The minimum absolute atomic E-state index is 0.329. The molecule has 0 bridgehead atoms. The number of para-hydroxylation sites is 1. The highest BCUT2D eigenvalue weighted by atomic mass is 16.5. The number of nitrogens with one attached hydrogen (secondary N) is 2. The summed E-state index contributed by atoms with van der Waals surface area (Å²) >= 11 is 0. The molecule has 2 amide bonds. The van der Waals surface area contributed by atoms with E-state index in [1.165, 1.54) is 7.11 Å². The highest BCUT2D eigenvalue weighted by Gasteiger charge is 2.11. The molecule has 5 heteroatoms. The topological polar surface area (TPSA) is 74.2 Å². The van der Waals surface area contributed by atoms with Crippen molar-refractivity contribution >= 4 is 11.7 Å². The number of hydrogen-bond acceptors (Lipinski definition) is 3. The first-order valence-corrected chi connectivity index (χ1v) is 5.84. The van der Waals surface area contributed by atoms with Crippen LogP contribution >= 0.6 is 0 Å². The number of methoxy groups -OCH3 is 1. The van der Waals surface area contributed by atoms with Gasteiger partial charge in [-0.2, -0.15) is 5.26 Å². The van der Waals surface area contributed by atoms with Crippen molar-refractivity contribution in [3.8, 4) is 11.8 Å². The van der Waals surface area contributed by atoms with Crippen LogP contribution < -0.4 is 15.4 Å². The summed E-state index contributed by atoms with van der Waals surface area (Å²) in [6.07, 6.45) is 1.93. The lowest BCUT2D eigenvalue weighted by Gasteiger charge is -2.12. The number of amides is 2. The van der Waals surface area contributed by atoms with E-state index in [9.17, 15) is 4.79 Å². The van der Waals surface area contributed by atoms with E-state index < -0.39 is 0 Å². The second kappa shape index (κ2) is 7.17. The second-order valence-electron chi connectivity index (χ2n) is 3.73. The largest absolute Gasteiger partial charge is 0.495 e. The molecule has 5 nitrogen and oxygen atoms in total. The number of anilines is 1. The van der Waals surface area contributed by atoms with E-state index in [1.54, 1.807) is 18.2 Å². The minimum atomic E-state index is -0.329. The Morgan fingerprint density at radius 1 is 1.50 bits per heavy atom. The van der Waals surface area contributed by atoms with Crippen LogP contribution in [0.1, 0.15) is 25.3 Å². The van der Waals surface area contributed by atoms with Crippen molar-refractivity contribution in [1.29, 1.82) is 5.26 Å². The Morgan fingerprint density at radius 3 is 2.89 bits per heavy atom. The number of rotatable bonds is 5. The third-order valence-electron chi connectivity index (χ3n) is 2.42. The van der Waals surface area contributed by atoms with Gasteiger partial charge in [-0.1, -0.05) is 19.4 Å². The number of urea groups is 1. The summed E-state index contributed by atoms with van der Waals surface area (Å²) in [6.45, 7) is 2.66. The number of benzene rings is 1. The van der Waals surface area contributed by atoms with E-state index >= 15 is 0 Å². The number of nitrogens with zero attached hydrogens (tertiary/aromatic N) is 1. The molecule has 1 aromatic rings. The van der Waals surface area contributed by atoms with Gasteiger partial charge in [0.1, 0.15) is 17.5 Å². The SMILES string of the molecule is CCCCNC(=O)Nc1c(C#N)cccc1OC. The number of carbonyl (C=O) groups excluding carboxylic acids is 1. The lowest BCUT2D eigenvalue weighted by molar-refractivity contribution is 0.252. The summed E-state index contributed by atoms with van der Waals surface area (Å²) in [5.74, 6) is 0.472. The number of carbonyl (C=O) groups is 1. The van der Waals surface area contributed by atoms with Crippen LogP contribution in [0, 0.1) is 11.3 Å². The van der Waals surface area contributed by atoms with E-state index in [4.69, 9.17) is 10.00 Å². The van der Waals surface area contributed by atoms with Gasteiger partial charge in [0.25, 0.3) is 0 Å². The third kappa shape index (κ3) is 3.67.